The van der Waals surface area contributed by atoms with Crippen molar-refractivity contribution in [2.24, 2.45) is 0 Å². The number of hydrogen-bond donors (Lipinski definition) is 0. The van der Waals surface area contributed by atoms with Crippen molar-refractivity contribution in [2.45, 2.75) is 33.3 Å². The Morgan fingerprint density at radius 3 is 1.28 bits per heavy atom. The fourth-order valence-corrected chi connectivity index (χ4v) is 2.30. The maximum Gasteiger partial charge on any atom is 0.339 e. The SMILES string of the molecule is CC.CC1(C)OC(=O)c2ccccc21.COC.c1ccccc1.c1ccccc1. The second-order valence-electron chi connectivity index (χ2n) is 6.16. The standard InChI is InChI=1S/C10H10O2.2C6H6.C2H6O.C2H6/c1-10(2)8-6-4-3-5-7(8)9(11)12-10;2*1-2-4-6-5-3-1;1-3-2;1-2/h3-6H,1-2H3;2*1-6H;1-2H3;1-2H3. The summed E-state index contributed by atoms with van der Waals surface area (Å²) < 4.78 is 9.43. The van der Waals surface area contributed by atoms with E-state index < -0.39 is 5.60 Å². The van der Waals surface area contributed by atoms with Gasteiger partial charge in [0.25, 0.3) is 0 Å². The summed E-state index contributed by atoms with van der Waals surface area (Å²) in [6.07, 6.45) is 0. The van der Waals surface area contributed by atoms with Crippen molar-refractivity contribution in [2.75, 3.05) is 14.2 Å². The van der Waals surface area contributed by atoms with E-state index in [9.17, 15) is 4.79 Å². The molecule has 0 unspecified atom stereocenters. The first-order valence-electron chi connectivity index (χ1n) is 9.76. The second kappa shape index (κ2) is 16.1. The first-order chi connectivity index (χ1) is 14.0. The summed E-state index contributed by atoms with van der Waals surface area (Å²) in [7, 11) is 3.25. The number of hydrogen-bond acceptors (Lipinski definition) is 3. The Balaban J connectivity index is 0.000000392. The van der Waals surface area contributed by atoms with Crippen molar-refractivity contribution < 1.29 is 14.3 Å². The van der Waals surface area contributed by atoms with E-state index >= 15 is 0 Å². The number of rotatable bonds is 0. The summed E-state index contributed by atoms with van der Waals surface area (Å²) in [5.41, 5.74) is 1.23. The number of benzene rings is 3. The smallest absolute Gasteiger partial charge is 0.339 e. The molecule has 1 aliphatic rings. The van der Waals surface area contributed by atoms with Crippen LogP contribution in [0.5, 0.6) is 0 Å². The van der Waals surface area contributed by atoms with Gasteiger partial charge in [-0.05, 0) is 19.9 Å². The molecule has 1 heterocycles. The molecule has 3 aromatic rings. The molecule has 0 atom stereocenters. The zero-order valence-corrected chi connectivity index (χ0v) is 18.5. The molecule has 3 aromatic carbocycles. The third-order valence-corrected chi connectivity index (χ3v) is 3.48. The minimum absolute atomic E-state index is 0.212. The van der Waals surface area contributed by atoms with Crippen LogP contribution in [0.4, 0.5) is 0 Å². The number of methoxy groups -OCH3 is 1. The van der Waals surface area contributed by atoms with Gasteiger partial charge in [-0.15, -0.1) is 0 Å². The van der Waals surface area contributed by atoms with Crippen molar-refractivity contribution in [3.05, 3.63) is 108 Å². The molecule has 0 fully saturated rings. The summed E-state index contributed by atoms with van der Waals surface area (Å²) in [4.78, 5) is 11.3. The Hall–Kier alpha value is -2.91. The van der Waals surface area contributed by atoms with Crippen LogP contribution in [0.3, 0.4) is 0 Å². The molecule has 0 saturated heterocycles. The monoisotopic (exact) mass is 394 g/mol. The molecule has 0 amide bonds. The zero-order valence-electron chi connectivity index (χ0n) is 18.5. The van der Waals surface area contributed by atoms with E-state index in [-0.39, 0.29) is 5.97 Å². The molecule has 0 radical (unpaired) electrons. The van der Waals surface area contributed by atoms with Gasteiger partial charge >= 0.3 is 5.97 Å². The molecule has 0 saturated carbocycles. The highest BCUT2D eigenvalue weighted by molar-refractivity contribution is 5.94. The van der Waals surface area contributed by atoms with Gasteiger partial charge in [0, 0.05) is 19.8 Å². The van der Waals surface area contributed by atoms with E-state index in [2.05, 4.69) is 4.74 Å². The molecule has 0 N–H and O–H groups in total. The fourth-order valence-electron chi connectivity index (χ4n) is 2.30. The van der Waals surface area contributed by atoms with Gasteiger partial charge in [-0.2, -0.15) is 0 Å². The number of carbonyl (C=O) groups excluding carboxylic acids is 1. The number of esters is 1. The molecule has 4 rings (SSSR count). The van der Waals surface area contributed by atoms with E-state index in [1.807, 2.05) is 119 Å². The Morgan fingerprint density at radius 1 is 0.655 bits per heavy atom. The van der Waals surface area contributed by atoms with Crippen LogP contribution in [-0.4, -0.2) is 20.2 Å². The average molecular weight is 395 g/mol. The van der Waals surface area contributed by atoms with E-state index in [1.165, 1.54) is 0 Å². The largest absolute Gasteiger partial charge is 0.451 e. The average Bonchev–Trinajstić information content (AvgIpc) is 3.02. The van der Waals surface area contributed by atoms with Crippen LogP contribution in [0.25, 0.3) is 0 Å². The normalized spacial score (nSPS) is 11.9. The first kappa shape index (κ1) is 26.1. The topological polar surface area (TPSA) is 35.5 Å². The van der Waals surface area contributed by atoms with Crippen LogP contribution >= 0.6 is 0 Å². The maximum absolute atomic E-state index is 11.3. The van der Waals surface area contributed by atoms with Gasteiger partial charge in [0.05, 0.1) is 5.56 Å². The van der Waals surface area contributed by atoms with Crippen LogP contribution in [0, 0.1) is 0 Å². The molecule has 0 aromatic heterocycles. The Kier molecular flexibility index (Phi) is 14.5. The Bertz CT molecular complexity index is 668. The van der Waals surface area contributed by atoms with Gasteiger partial charge in [-0.3, -0.25) is 0 Å². The summed E-state index contributed by atoms with van der Waals surface area (Å²) in [6, 6.07) is 31.5. The minimum atomic E-state index is -0.451. The minimum Gasteiger partial charge on any atom is -0.451 e. The molecule has 3 nitrogen and oxygen atoms in total. The second-order valence-corrected chi connectivity index (χ2v) is 6.16. The van der Waals surface area contributed by atoms with Crippen molar-refractivity contribution in [3.8, 4) is 0 Å². The van der Waals surface area contributed by atoms with Crippen molar-refractivity contribution in [1.82, 2.24) is 0 Å². The molecule has 3 heteroatoms. The Labute approximate surface area is 176 Å². The highest BCUT2D eigenvalue weighted by atomic mass is 16.6. The van der Waals surface area contributed by atoms with Crippen molar-refractivity contribution in [3.63, 3.8) is 0 Å². The first-order valence-corrected chi connectivity index (χ1v) is 9.76. The highest BCUT2D eigenvalue weighted by Crippen LogP contribution is 2.35. The van der Waals surface area contributed by atoms with E-state index in [1.54, 1.807) is 20.3 Å². The lowest BCUT2D eigenvalue weighted by Gasteiger charge is -2.16. The predicted molar refractivity (Wildman–Crippen MR) is 122 cm³/mol. The summed E-state index contributed by atoms with van der Waals surface area (Å²) in [5, 5.41) is 0. The lowest BCUT2D eigenvalue weighted by molar-refractivity contribution is 0.00954. The number of cyclic esters (lactones) is 1. The van der Waals surface area contributed by atoms with Gasteiger partial charge in [0.15, 0.2) is 0 Å². The lowest BCUT2D eigenvalue weighted by atomic mass is 9.96. The van der Waals surface area contributed by atoms with Gasteiger partial charge in [-0.1, -0.05) is 105 Å². The molecule has 0 bridgehead atoms. The third kappa shape index (κ3) is 10.9. The van der Waals surface area contributed by atoms with Crippen LogP contribution in [-0.2, 0) is 15.1 Å². The quantitative estimate of drug-likeness (QED) is 0.395. The van der Waals surface area contributed by atoms with Crippen LogP contribution in [0.2, 0.25) is 0 Å². The van der Waals surface area contributed by atoms with Crippen molar-refractivity contribution in [1.29, 1.82) is 0 Å². The number of ether oxygens (including phenoxy) is 2. The van der Waals surface area contributed by atoms with Crippen molar-refractivity contribution >= 4 is 5.97 Å². The van der Waals surface area contributed by atoms with Crippen LogP contribution in [0.15, 0.2) is 97.1 Å². The van der Waals surface area contributed by atoms with Gasteiger partial charge in [-0.25, -0.2) is 4.79 Å². The molecule has 0 spiro atoms. The van der Waals surface area contributed by atoms with E-state index in [4.69, 9.17) is 4.74 Å². The number of fused-ring (bicyclic) bond motifs is 1. The third-order valence-electron chi connectivity index (χ3n) is 3.48. The number of carbonyl (C=O) groups is 1. The van der Waals surface area contributed by atoms with Crippen LogP contribution < -0.4 is 0 Å². The fraction of sp³-hybridized carbons (Fsp3) is 0.269. The van der Waals surface area contributed by atoms with Gasteiger partial charge < -0.3 is 9.47 Å². The lowest BCUT2D eigenvalue weighted by Crippen LogP contribution is -2.15. The van der Waals surface area contributed by atoms with Crippen LogP contribution in [0.1, 0.15) is 43.6 Å². The summed E-state index contributed by atoms with van der Waals surface area (Å²) >= 11 is 0. The molecular formula is C26H34O3. The molecule has 0 aliphatic carbocycles. The van der Waals surface area contributed by atoms with E-state index in [0.717, 1.165) is 5.56 Å². The summed E-state index contributed by atoms with van der Waals surface area (Å²) in [6.45, 7) is 7.80. The maximum atomic E-state index is 11.3. The van der Waals surface area contributed by atoms with E-state index in [0.29, 0.717) is 5.56 Å². The van der Waals surface area contributed by atoms with Gasteiger partial charge in [0.1, 0.15) is 5.60 Å². The molecular weight excluding hydrogens is 360 g/mol. The Morgan fingerprint density at radius 2 is 0.966 bits per heavy atom. The van der Waals surface area contributed by atoms with Gasteiger partial charge in [0.2, 0.25) is 0 Å². The summed E-state index contributed by atoms with van der Waals surface area (Å²) in [5.74, 6) is -0.212. The molecule has 156 valence electrons. The predicted octanol–water partition coefficient (Wildman–Crippen LogP) is 6.75. The molecule has 29 heavy (non-hydrogen) atoms. The zero-order chi connectivity index (χ0) is 22.0. The molecule has 1 aliphatic heterocycles. The highest BCUT2D eigenvalue weighted by Gasteiger charge is 2.36.